The molecule has 4 rings (SSSR count). The van der Waals surface area contributed by atoms with Crippen LogP contribution in [0.1, 0.15) is 25.3 Å². The highest BCUT2D eigenvalue weighted by Gasteiger charge is 2.26. The van der Waals surface area contributed by atoms with E-state index in [1.54, 1.807) is 7.11 Å². The van der Waals surface area contributed by atoms with Gasteiger partial charge in [-0.25, -0.2) is 0 Å². The van der Waals surface area contributed by atoms with Crippen molar-refractivity contribution in [3.05, 3.63) is 66.5 Å². The number of methoxy groups -OCH3 is 1. The van der Waals surface area contributed by atoms with Gasteiger partial charge in [0.1, 0.15) is 5.75 Å². The molecule has 0 unspecified atom stereocenters. The lowest BCUT2D eigenvalue weighted by Gasteiger charge is -2.31. The van der Waals surface area contributed by atoms with Gasteiger partial charge in [-0.05, 0) is 61.7 Å². The summed E-state index contributed by atoms with van der Waals surface area (Å²) in [6.45, 7) is 5.61. The molecule has 2 heterocycles. The van der Waals surface area contributed by atoms with E-state index in [-0.39, 0.29) is 11.8 Å². The molecule has 31 heavy (non-hydrogen) atoms. The number of likely N-dealkylation sites (tertiary alicyclic amines) is 1. The van der Waals surface area contributed by atoms with Crippen molar-refractivity contribution in [1.82, 2.24) is 14.7 Å². The number of carbonyl (C=O) groups is 1. The average molecular weight is 419 g/mol. The molecule has 0 spiro atoms. The first kappa shape index (κ1) is 21.1. The fourth-order valence-electron chi connectivity index (χ4n) is 4.13. The smallest absolute Gasteiger partial charge is 0.228 e. The minimum absolute atomic E-state index is 0.00744. The first-order valence-corrected chi connectivity index (χ1v) is 10.9. The highest BCUT2D eigenvalue weighted by atomic mass is 16.5. The first-order valence-electron chi connectivity index (χ1n) is 10.9. The summed E-state index contributed by atoms with van der Waals surface area (Å²) in [6.07, 6.45) is 5.98. The molecule has 1 saturated heterocycles. The van der Waals surface area contributed by atoms with Crippen LogP contribution in [-0.4, -0.2) is 40.8 Å². The molecule has 0 radical (unpaired) electrons. The number of amides is 1. The predicted octanol–water partition coefficient (Wildman–Crippen LogP) is 4.43. The summed E-state index contributed by atoms with van der Waals surface area (Å²) in [5.74, 6) is 0.940. The molecule has 1 atom stereocenters. The summed E-state index contributed by atoms with van der Waals surface area (Å²) >= 11 is 0. The molecule has 1 aromatic heterocycles. The number of carbonyl (C=O) groups excluding carboxylic acids is 1. The van der Waals surface area contributed by atoms with Gasteiger partial charge < -0.3 is 10.1 Å². The number of piperidine rings is 1. The largest absolute Gasteiger partial charge is 0.497 e. The minimum atomic E-state index is 0.00744. The Hall–Kier alpha value is -3.12. The van der Waals surface area contributed by atoms with Crippen LogP contribution < -0.4 is 10.1 Å². The van der Waals surface area contributed by atoms with E-state index in [1.165, 1.54) is 5.56 Å². The van der Waals surface area contributed by atoms with Gasteiger partial charge in [-0.3, -0.25) is 14.4 Å². The molecule has 1 N–H and O–H groups in total. The number of ether oxygens (including phenoxy) is 1. The molecule has 0 aliphatic carbocycles. The van der Waals surface area contributed by atoms with Crippen LogP contribution in [0.4, 0.5) is 5.69 Å². The Morgan fingerprint density at radius 3 is 2.77 bits per heavy atom. The van der Waals surface area contributed by atoms with Crippen LogP contribution in [-0.2, 0) is 17.9 Å². The van der Waals surface area contributed by atoms with Crippen molar-refractivity contribution in [2.75, 3.05) is 25.5 Å². The van der Waals surface area contributed by atoms with Gasteiger partial charge in [0.05, 0.1) is 19.2 Å². The molecular formula is C25H30N4O2. The van der Waals surface area contributed by atoms with E-state index < -0.39 is 0 Å². The molecule has 1 amide bonds. The summed E-state index contributed by atoms with van der Waals surface area (Å²) in [5.41, 5.74) is 4.22. The SMILES string of the molecule is CCn1cc(CN2CCC[C@@H](C(=O)Nc3ccc(-c4cccc(OC)c4)cc3)C2)cn1. The van der Waals surface area contributed by atoms with Gasteiger partial charge in [0.2, 0.25) is 5.91 Å². The maximum absolute atomic E-state index is 12.9. The molecule has 3 aromatic rings. The van der Waals surface area contributed by atoms with Crippen LogP contribution in [0.15, 0.2) is 60.9 Å². The number of benzene rings is 2. The van der Waals surface area contributed by atoms with Gasteiger partial charge in [0.15, 0.2) is 0 Å². The van der Waals surface area contributed by atoms with Crippen molar-refractivity contribution >= 4 is 11.6 Å². The van der Waals surface area contributed by atoms with Gasteiger partial charge in [0.25, 0.3) is 0 Å². The molecule has 1 fully saturated rings. The highest BCUT2D eigenvalue weighted by Crippen LogP contribution is 2.26. The molecule has 0 saturated carbocycles. The van der Waals surface area contributed by atoms with E-state index in [4.69, 9.17) is 4.74 Å². The van der Waals surface area contributed by atoms with Crippen LogP contribution in [0.2, 0.25) is 0 Å². The maximum atomic E-state index is 12.9. The maximum Gasteiger partial charge on any atom is 0.228 e. The lowest BCUT2D eigenvalue weighted by molar-refractivity contribution is -0.121. The molecular weight excluding hydrogens is 388 g/mol. The van der Waals surface area contributed by atoms with Gasteiger partial charge in [-0.2, -0.15) is 5.10 Å². The summed E-state index contributed by atoms with van der Waals surface area (Å²) in [6, 6.07) is 16.0. The van der Waals surface area contributed by atoms with Crippen molar-refractivity contribution in [3.63, 3.8) is 0 Å². The number of aromatic nitrogens is 2. The Morgan fingerprint density at radius 2 is 2.03 bits per heavy atom. The fraction of sp³-hybridized carbons (Fsp3) is 0.360. The molecule has 1 aliphatic heterocycles. The Bertz CT molecular complexity index is 1010. The molecule has 1 aliphatic rings. The van der Waals surface area contributed by atoms with Crippen molar-refractivity contribution in [3.8, 4) is 16.9 Å². The quantitative estimate of drug-likeness (QED) is 0.617. The number of hydrogen-bond donors (Lipinski definition) is 1. The Labute approximate surface area is 183 Å². The van der Waals surface area contributed by atoms with Crippen molar-refractivity contribution in [1.29, 1.82) is 0 Å². The third-order valence-electron chi connectivity index (χ3n) is 5.85. The van der Waals surface area contributed by atoms with E-state index in [1.807, 2.05) is 53.3 Å². The van der Waals surface area contributed by atoms with E-state index in [0.29, 0.717) is 0 Å². The minimum Gasteiger partial charge on any atom is -0.497 e. The van der Waals surface area contributed by atoms with Gasteiger partial charge in [-0.15, -0.1) is 0 Å². The zero-order valence-electron chi connectivity index (χ0n) is 18.3. The van der Waals surface area contributed by atoms with Crippen molar-refractivity contribution in [2.24, 2.45) is 5.92 Å². The summed E-state index contributed by atoms with van der Waals surface area (Å²) in [5, 5.41) is 7.46. The lowest BCUT2D eigenvalue weighted by atomic mass is 9.96. The van der Waals surface area contributed by atoms with E-state index in [0.717, 1.165) is 61.6 Å². The second kappa shape index (κ2) is 9.79. The van der Waals surface area contributed by atoms with Gasteiger partial charge >= 0.3 is 0 Å². The number of nitrogens with zero attached hydrogens (tertiary/aromatic N) is 3. The number of hydrogen-bond acceptors (Lipinski definition) is 4. The van der Waals surface area contributed by atoms with Gasteiger partial charge in [0, 0.05) is 37.1 Å². The number of anilines is 1. The number of rotatable bonds is 7. The summed E-state index contributed by atoms with van der Waals surface area (Å²) in [7, 11) is 1.67. The zero-order valence-corrected chi connectivity index (χ0v) is 18.3. The number of aryl methyl sites for hydroxylation is 1. The van der Waals surface area contributed by atoms with Crippen molar-refractivity contribution < 1.29 is 9.53 Å². The van der Waals surface area contributed by atoms with Crippen LogP contribution >= 0.6 is 0 Å². The second-order valence-corrected chi connectivity index (χ2v) is 8.08. The fourth-order valence-corrected chi connectivity index (χ4v) is 4.13. The third-order valence-corrected chi connectivity index (χ3v) is 5.85. The van der Waals surface area contributed by atoms with Crippen LogP contribution in [0, 0.1) is 5.92 Å². The lowest BCUT2D eigenvalue weighted by Crippen LogP contribution is -2.40. The molecule has 162 valence electrons. The van der Waals surface area contributed by atoms with Gasteiger partial charge in [-0.1, -0.05) is 24.3 Å². The van der Waals surface area contributed by atoms with E-state index in [9.17, 15) is 4.79 Å². The van der Waals surface area contributed by atoms with Crippen LogP contribution in [0.3, 0.4) is 0 Å². The average Bonchev–Trinajstić information content (AvgIpc) is 3.27. The molecule has 6 nitrogen and oxygen atoms in total. The predicted molar refractivity (Wildman–Crippen MR) is 123 cm³/mol. The molecule has 0 bridgehead atoms. The van der Waals surface area contributed by atoms with Crippen LogP contribution in [0.25, 0.3) is 11.1 Å². The van der Waals surface area contributed by atoms with E-state index in [2.05, 4.69) is 34.5 Å². The second-order valence-electron chi connectivity index (χ2n) is 8.08. The molecule has 2 aromatic carbocycles. The zero-order chi connectivity index (χ0) is 21.6. The van der Waals surface area contributed by atoms with Crippen LogP contribution in [0.5, 0.6) is 5.75 Å². The highest BCUT2D eigenvalue weighted by molar-refractivity contribution is 5.93. The molecule has 6 heteroatoms. The third kappa shape index (κ3) is 5.33. The summed E-state index contributed by atoms with van der Waals surface area (Å²) in [4.78, 5) is 15.2. The first-order chi connectivity index (χ1) is 15.1. The Morgan fingerprint density at radius 1 is 1.19 bits per heavy atom. The van der Waals surface area contributed by atoms with E-state index >= 15 is 0 Å². The topological polar surface area (TPSA) is 59.4 Å². The Kier molecular flexibility index (Phi) is 6.67. The van der Waals surface area contributed by atoms with Crippen molar-refractivity contribution in [2.45, 2.75) is 32.9 Å². The Balaban J connectivity index is 1.35. The standard InChI is InChI=1S/C25H30N4O2/c1-3-29-17-19(15-26-29)16-28-13-5-7-22(18-28)25(30)27-23-11-9-20(10-12-23)21-6-4-8-24(14-21)31-2/h4,6,8-12,14-15,17,22H,3,5,7,13,16,18H2,1-2H3,(H,27,30)/t22-/m1/s1. The summed E-state index contributed by atoms with van der Waals surface area (Å²) < 4.78 is 7.25. The normalized spacial score (nSPS) is 16.8. The monoisotopic (exact) mass is 418 g/mol. The number of nitrogens with one attached hydrogen (secondary N) is 1.